The molecule has 1 nitrogen and oxygen atoms in total. The lowest BCUT2D eigenvalue weighted by molar-refractivity contribution is 0.302. The Hall–Kier alpha value is -0.0400. The molecular formula is C12H21N. The van der Waals surface area contributed by atoms with Gasteiger partial charge in [-0.15, -0.1) is 0 Å². The third-order valence-electron chi connectivity index (χ3n) is 5.02. The van der Waals surface area contributed by atoms with Crippen molar-refractivity contribution < 1.29 is 0 Å². The largest absolute Gasteiger partial charge is 0.314 e. The molecule has 0 aromatic heterocycles. The molecule has 0 aliphatic heterocycles. The summed E-state index contributed by atoms with van der Waals surface area (Å²) in [6.45, 7) is 6.31. The number of hydrogen-bond donors (Lipinski definition) is 1. The van der Waals surface area contributed by atoms with Crippen molar-refractivity contribution in [3.05, 3.63) is 0 Å². The van der Waals surface area contributed by atoms with Crippen LogP contribution in [0.5, 0.6) is 0 Å². The maximum absolute atomic E-state index is 3.67. The Morgan fingerprint density at radius 1 is 1.23 bits per heavy atom. The van der Waals surface area contributed by atoms with Crippen LogP contribution < -0.4 is 5.32 Å². The van der Waals surface area contributed by atoms with E-state index in [1.54, 1.807) is 0 Å². The molecule has 0 aromatic carbocycles. The molecule has 2 atom stereocenters. The second kappa shape index (κ2) is 2.31. The quantitative estimate of drug-likeness (QED) is 0.699. The molecule has 0 heterocycles. The Labute approximate surface area is 81.3 Å². The topological polar surface area (TPSA) is 12.0 Å². The van der Waals surface area contributed by atoms with Crippen molar-refractivity contribution in [1.82, 2.24) is 5.32 Å². The minimum absolute atomic E-state index is 0.717. The molecular weight excluding hydrogens is 158 g/mol. The first-order valence-electron chi connectivity index (χ1n) is 5.87. The molecule has 3 rings (SSSR count). The van der Waals surface area contributed by atoms with Gasteiger partial charge in [-0.05, 0) is 55.4 Å². The van der Waals surface area contributed by atoms with Gasteiger partial charge < -0.3 is 5.32 Å². The van der Waals surface area contributed by atoms with Gasteiger partial charge in [0.1, 0.15) is 0 Å². The summed E-state index contributed by atoms with van der Waals surface area (Å²) in [4.78, 5) is 0. The third kappa shape index (κ3) is 1.24. The Bertz CT molecular complexity index is 227. The summed E-state index contributed by atoms with van der Waals surface area (Å²) in [7, 11) is 0. The summed E-state index contributed by atoms with van der Waals surface area (Å²) in [6, 6.07) is 0.900. The molecule has 0 amide bonds. The van der Waals surface area contributed by atoms with Crippen molar-refractivity contribution in [3.8, 4) is 0 Å². The van der Waals surface area contributed by atoms with E-state index in [4.69, 9.17) is 0 Å². The molecule has 74 valence electrons. The average molecular weight is 179 g/mol. The van der Waals surface area contributed by atoms with Crippen molar-refractivity contribution in [2.75, 3.05) is 6.54 Å². The van der Waals surface area contributed by atoms with Crippen LogP contribution in [0, 0.1) is 16.7 Å². The van der Waals surface area contributed by atoms with Crippen LogP contribution in [0.4, 0.5) is 0 Å². The number of nitrogens with one attached hydrogen (secondary N) is 1. The van der Waals surface area contributed by atoms with Crippen molar-refractivity contribution >= 4 is 0 Å². The summed E-state index contributed by atoms with van der Waals surface area (Å²) < 4.78 is 0. The van der Waals surface area contributed by atoms with Crippen LogP contribution in [0.3, 0.4) is 0 Å². The SMILES string of the molecule is CC1(C2(C)CC2CNC2CC2)CC1. The van der Waals surface area contributed by atoms with Gasteiger partial charge in [-0.25, -0.2) is 0 Å². The molecule has 0 radical (unpaired) electrons. The van der Waals surface area contributed by atoms with Crippen molar-refractivity contribution in [2.24, 2.45) is 16.7 Å². The first kappa shape index (κ1) is 8.28. The second-order valence-corrected chi connectivity index (χ2v) is 6.06. The fourth-order valence-electron chi connectivity index (χ4n) is 2.84. The van der Waals surface area contributed by atoms with Gasteiger partial charge in [0.2, 0.25) is 0 Å². The lowest BCUT2D eigenvalue weighted by Crippen LogP contribution is -2.23. The Kier molecular flexibility index (Phi) is 1.47. The highest BCUT2D eigenvalue weighted by Gasteiger charge is 2.65. The van der Waals surface area contributed by atoms with Gasteiger partial charge in [0.05, 0.1) is 0 Å². The van der Waals surface area contributed by atoms with Gasteiger partial charge in [0.15, 0.2) is 0 Å². The lowest BCUT2D eigenvalue weighted by Gasteiger charge is -2.19. The minimum Gasteiger partial charge on any atom is -0.314 e. The fourth-order valence-corrected chi connectivity index (χ4v) is 2.84. The predicted octanol–water partition coefficient (Wildman–Crippen LogP) is 2.56. The van der Waals surface area contributed by atoms with Gasteiger partial charge in [-0.2, -0.15) is 0 Å². The van der Waals surface area contributed by atoms with Crippen molar-refractivity contribution in [3.63, 3.8) is 0 Å². The van der Waals surface area contributed by atoms with E-state index < -0.39 is 0 Å². The molecule has 2 unspecified atom stereocenters. The van der Waals surface area contributed by atoms with E-state index in [2.05, 4.69) is 19.2 Å². The molecule has 0 saturated heterocycles. The fraction of sp³-hybridized carbons (Fsp3) is 1.00. The Balaban J connectivity index is 1.52. The molecule has 13 heavy (non-hydrogen) atoms. The highest BCUT2D eigenvalue weighted by atomic mass is 15.0. The Morgan fingerprint density at radius 2 is 1.92 bits per heavy atom. The minimum atomic E-state index is 0.717. The van der Waals surface area contributed by atoms with Gasteiger partial charge in [-0.3, -0.25) is 0 Å². The summed E-state index contributed by atoms with van der Waals surface area (Å²) >= 11 is 0. The average Bonchev–Trinajstić information content (AvgIpc) is 2.83. The molecule has 1 N–H and O–H groups in total. The zero-order chi connectivity index (χ0) is 9.10. The highest BCUT2D eigenvalue weighted by molar-refractivity contribution is 5.15. The molecule has 0 spiro atoms. The van der Waals surface area contributed by atoms with E-state index in [0.29, 0.717) is 0 Å². The number of rotatable bonds is 4. The van der Waals surface area contributed by atoms with Crippen LogP contribution in [0.15, 0.2) is 0 Å². The zero-order valence-corrected chi connectivity index (χ0v) is 8.90. The maximum Gasteiger partial charge on any atom is 0.00683 e. The predicted molar refractivity (Wildman–Crippen MR) is 54.6 cm³/mol. The molecule has 0 aromatic rings. The summed E-state index contributed by atoms with van der Waals surface area (Å²) in [5.74, 6) is 1.00. The van der Waals surface area contributed by atoms with Crippen LogP contribution >= 0.6 is 0 Å². The van der Waals surface area contributed by atoms with Crippen LogP contribution in [-0.4, -0.2) is 12.6 Å². The van der Waals surface area contributed by atoms with E-state index in [0.717, 1.165) is 22.8 Å². The van der Waals surface area contributed by atoms with E-state index >= 15 is 0 Å². The van der Waals surface area contributed by atoms with E-state index in [9.17, 15) is 0 Å². The van der Waals surface area contributed by atoms with Crippen LogP contribution in [0.2, 0.25) is 0 Å². The van der Waals surface area contributed by atoms with Gasteiger partial charge in [-0.1, -0.05) is 13.8 Å². The first-order valence-corrected chi connectivity index (χ1v) is 5.87. The summed E-state index contributed by atoms with van der Waals surface area (Å²) in [6.07, 6.45) is 7.33. The Morgan fingerprint density at radius 3 is 2.46 bits per heavy atom. The summed E-state index contributed by atoms with van der Waals surface area (Å²) in [5.41, 5.74) is 1.46. The van der Waals surface area contributed by atoms with Crippen LogP contribution in [0.1, 0.15) is 46.0 Å². The second-order valence-electron chi connectivity index (χ2n) is 6.06. The van der Waals surface area contributed by atoms with Crippen LogP contribution in [0.25, 0.3) is 0 Å². The lowest BCUT2D eigenvalue weighted by atomic mass is 9.87. The van der Waals surface area contributed by atoms with Crippen molar-refractivity contribution in [2.45, 2.75) is 52.0 Å². The van der Waals surface area contributed by atoms with Crippen molar-refractivity contribution in [1.29, 1.82) is 0 Å². The third-order valence-corrected chi connectivity index (χ3v) is 5.02. The first-order chi connectivity index (χ1) is 6.14. The normalized spacial score (nSPS) is 46.2. The van der Waals surface area contributed by atoms with E-state index in [1.807, 2.05) is 0 Å². The van der Waals surface area contributed by atoms with Gasteiger partial charge >= 0.3 is 0 Å². The molecule has 3 saturated carbocycles. The monoisotopic (exact) mass is 179 g/mol. The smallest absolute Gasteiger partial charge is 0.00683 e. The standard InChI is InChI=1S/C12H21N/c1-11(5-6-11)12(2)7-9(12)8-13-10-3-4-10/h9-10,13H,3-8H2,1-2H3. The summed E-state index contributed by atoms with van der Waals surface area (Å²) in [5, 5.41) is 3.67. The highest BCUT2D eigenvalue weighted by Crippen LogP contribution is 2.72. The molecule has 3 aliphatic carbocycles. The van der Waals surface area contributed by atoms with Gasteiger partial charge in [0, 0.05) is 6.04 Å². The molecule has 0 bridgehead atoms. The van der Waals surface area contributed by atoms with E-state index in [-0.39, 0.29) is 0 Å². The molecule has 3 aliphatic rings. The zero-order valence-electron chi connectivity index (χ0n) is 8.90. The molecule has 3 fully saturated rings. The number of hydrogen-bond acceptors (Lipinski definition) is 1. The van der Waals surface area contributed by atoms with E-state index in [1.165, 1.54) is 38.6 Å². The molecule has 1 heteroatoms. The van der Waals surface area contributed by atoms with Crippen LogP contribution in [-0.2, 0) is 0 Å². The maximum atomic E-state index is 3.67. The van der Waals surface area contributed by atoms with Gasteiger partial charge in [0.25, 0.3) is 0 Å².